The van der Waals surface area contributed by atoms with E-state index in [1.165, 1.54) is 6.07 Å². The van der Waals surface area contributed by atoms with Crippen molar-refractivity contribution in [1.82, 2.24) is 15.1 Å². The van der Waals surface area contributed by atoms with Crippen molar-refractivity contribution in [3.05, 3.63) is 33.8 Å². The van der Waals surface area contributed by atoms with Crippen LogP contribution in [0.4, 0.5) is 0 Å². The Hall–Kier alpha value is -1.34. The minimum Gasteiger partial charge on any atom is -0.396 e. The zero-order valence-electron chi connectivity index (χ0n) is 15.9. The molecular formula is C20H27Cl2N3O3. The summed E-state index contributed by atoms with van der Waals surface area (Å²) in [6.45, 7) is 3.75. The van der Waals surface area contributed by atoms with Crippen LogP contribution in [0.15, 0.2) is 18.2 Å². The molecule has 2 N–H and O–H groups in total. The maximum atomic E-state index is 12.5. The molecule has 0 aromatic heterocycles. The van der Waals surface area contributed by atoms with Crippen LogP contribution in [0.1, 0.15) is 36.0 Å². The Morgan fingerprint density at radius 3 is 2.54 bits per heavy atom. The van der Waals surface area contributed by atoms with Gasteiger partial charge in [-0.25, -0.2) is 0 Å². The standard InChI is InChI=1S/C20H27Cl2N3O3/c21-17-2-1-15(11-18(17)22)20(28)23-12-19(27)25-9-5-16(13-25)24-7-3-14(4-8-24)6-10-26/h1-2,11,14,16,26H,3-10,12-13H2,(H,23,28). The predicted octanol–water partition coefficient (Wildman–Crippen LogP) is 2.42. The van der Waals surface area contributed by atoms with Gasteiger partial charge in [0.15, 0.2) is 0 Å². The third-order valence-corrected chi connectivity index (χ3v) is 6.54. The van der Waals surface area contributed by atoms with Crippen molar-refractivity contribution in [2.45, 2.75) is 31.7 Å². The van der Waals surface area contributed by atoms with Gasteiger partial charge in [-0.2, -0.15) is 0 Å². The lowest BCUT2D eigenvalue weighted by Gasteiger charge is -2.35. The Labute approximate surface area is 175 Å². The van der Waals surface area contributed by atoms with Crippen LogP contribution in [0.5, 0.6) is 0 Å². The molecule has 0 radical (unpaired) electrons. The van der Waals surface area contributed by atoms with Crippen LogP contribution >= 0.6 is 23.2 Å². The number of hydrogen-bond donors (Lipinski definition) is 2. The molecule has 0 saturated carbocycles. The lowest BCUT2D eigenvalue weighted by Crippen LogP contribution is -2.44. The molecule has 2 aliphatic rings. The lowest BCUT2D eigenvalue weighted by atomic mass is 9.93. The van der Waals surface area contributed by atoms with Crippen molar-refractivity contribution >= 4 is 35.0 Å². The highest BCUT2D eigenvalue weighted by molar-refractivity contribution is 6.42. The Morgan fingerprint density at radius 1 is 1.11 bits per heavy atom. The second-order valence-corrected chi connectivity index (χ2v) is 8.40. The molecule has 2 aliphatic heterocycles. The first-order chi connectivity index (χ1) is 13.5. The van der Waals surface area contributed by atoms with Crippen molar-refractivity contribution in [1.29, 1.82) is 0 Å². The van der Waals surface area contributed by atoms with Crippen molar-refractivity contribution in [2.24, 2.45) is 5.92 Å². The highest BCUT2D eigenvalue weighted by Crippen LogP contribution is 2.25. The number of piperidine rings is 1. The van der Waals surface area contributed by atoms with Gasteiger partial charge >= 0.3 is 0 Å². The summed E-state index contributed by atoms with van der Waals surface area (Å²) in [5.41, 5.74) is 0.382. The highest BCUT2D eigenvalue weighted by Gasteiger charge is 2.32. The molecule has 2 amide bonds. The number of nitrogens with zero attached hydrogens (tertiary/aromatic N) is 2. The van der Waals surface area contributed by atoms with Gasteiger partial charge in [-0.05, 0) is 62.9 Å². The number of aliphatic hydroxyl groups excluding tert-OH is 1. The molecule has 2 saturated heterocycles. The Balaban J connectivity index is 1.43. The molecule has 2 heterocycles. The van der Waals surface area contributed by atoms with E-state index in [4.69, 9.17) is 28.3 Å². The normalized spacial score (nSPS) is 21.1. The summed E-state index contributed by atoms with van der Waals surface area (Å²) in [7, 11) is 0. The Morgan fingerprint density at radius 2 is 1.86 bits per heavy atom. The van der Waals surface area contributed by atoms with Gasteiger partial charge in [0.1, 0.15) is 0 Å². The van der Waals surface area contributed by atoms with Crippen molar-refractivity contribution in [2.75, 3.05) is 39.3 Å². The highest BCUT2D eigenvalue weighted by atomic mass is 35.5. The van der Waals surface area contributed by atoms with Gasteiger partial charge in [-0.3, -0.25) is 14.5 Å². The average Bonchev–Trinajstić information content (AvgIpc) is 3.19. The first kappa shape index (κ1) is 21.4. The minimum atomic E-state index is -0.339. The SMILES string of the molecule is O=C(NCC(=O)N1CCC(N2CCC(CCO)CC2)C1)c1ccc(Cl)c(Cl)c1. The van der Waals surface area contributed by atoms with E-state index in [0.717, 1.165) is 45.3 Å². The van der Waals surface area contributed by atoms with Crippen LogP contribution in [0.25, 0.3) is 0 Å². The van der Waals surface area contributed by atoms with E-state index in [9.17, 15) is 9.59 Å². The molecule has 1 atom stereocenters. The van der Waals surface area contributed by atoms with Gasteiger partial charge < -0.3 is 15.3 Å². The molecule has 1 aromatic carbocycles. The maximum Gasteiger partial charge on any atom is 0.251 e. The van der Waals surface area contributed by atoms with E-state index in [2.05, 4.69) is 10.2 Å². The molecule has 8 heteroatoms. The molecule has 1 unspecified atom stereocenters. The van der Waals surface area contributed by atoms with Gasteiger partial charge in [0.05, 0.1) is 16.6 Å². The van der Waals surface area contributed by atoms with Gasteiger partial charge in [0, 0.05) is 31.3 Å². The maximum absolute atomic E-state index is 12.5. The molecule has 0 spiro atoms. The smallest absolute Gasteiger partial charge is 0.251 e. The van der Waals surface area contributed by atoms with Gasteiger partial charge in [-0.1, -0.05) is 23.2 Å². The number of carbonyl (C=O) groups excluding carboxylic acids is 2. The number of halogens is 2. The molecule has 0 aliphatic carbocycles. The Bertz CT molecular complexity index is 708. The molecule has 154 valence electrons. The van der Waals surface area contributed by atoms with Crippen LogP contribution < -0.4 is 5.32 Å². The lowest BCUT2D eigenvalue weighted by molar-refractivity contribution is -0.129. The van der Waals surface area contributed by atoms with E-state index in [1.54, 1.807) is 12.1 Å². The van der Waals surface area contributed by atoms with E-state index in [0.29, 0.717) is 34.1 Å². The van der Waals surface area contributed by atoms with Crippen molar-refractivity contribution in [3.8, 4) is 0 Å². The Kier molecular flexibility index (Phi) is 7.57. The van der Waals surface area contributed by atoms with Crippen molar-refractivity contribution in [3.63, 3.8) is 0 Å². The largest absolute Gasteiger partial charge is 0.396 e. The average molecular weight is 428 g/mol. The number of amides is 2. The minimum absolute atomic E-state index is 0.0234. The monoisotopic (exact) mass is 427 g/mol. The summed E-state index contributed by atoms with van der Waals surface area (Å²) in [5, 5.41) is 12.4. The predicted molar refractivity (Wildman–Crippen MR) is 110 cm³/mol. The van der Waals surface area contributed by atoms with E-state index >= 15 is 0 Å². The summed E-state index contributed by atoms with van der Waals surface area (Å²) in [6, 6.07) is 5.04. The van der Waals surface area contributed by atoms with Crippen LogP contribution in [0.3, 0.4) is 0 Å². The molecule has 2 fully saturated rings. The van der Waals surface area contributed by atoms with Crippen LogP contribution in [-0.2, 0) is 4.79 Å². The number of carbonyl (C=O) groups is 2. The summed E-state index contributed by atoms with van der Waals surface area (Å²) in [4.78, 5) is 29.0. The van der Waals surface area contributed by atoms with Crippen molar-refractivity contribution < 1.29 is 14.7 Å². The zero-order chi connectivity index (χ0) is 20.1. The fourth-order valence-electron chi connectivity index (χ4n) is 4.06. The second kappa shape index (κ2) is 9.92. The molecule has 6 nitrogen and oxygen atoms in total. The quantitative estimate of drug-likeness (QED) is 0.730. The number of likely N-dealkylation sites (tertiary alicyclic amines) is 2. The number of aliphatic hydroxyl groups is 1. The van der Waals surface area contributed by atoms with Crippen LogP contribution in [0, 0.1) is 5.92 Å². The van der Waals surface area contributed by atoms with Gasteiger partial charge in [0.25, 0.3) is 5.91 Å². The first-order valence-corrected chi connectivity index (χ1v) is 10.6. The van der Waals surface area contributed by atoms with Gasteiger partial charge in [-0.15, -0.1) is 0 Å². The molecule has 0 bridgehead atoms. The van der Waals surface area contributed by atoms with E-state index in [-0.39, 0.29) is 25.0 Å². The fraction of sp³-hybridized carbons (Fsp3) is 0.600. The van der Waals surface area contributed by atoms with Crippen LogP contribution in [0.2, 0.25) is 10.0 Å². The third-order valence-electron chi connectivity index (χ3n) is 5.80. The third kappa shape index (κ3) is 5.38. The van der Waals surface area contributed by atoms with E-state index < -0.39 is 0 Å². The first-order valence-electron chi connectivity index (χ1n) is 9.84. The number of benzene rings is 1. The zero-order valence-corrected chi connectivity index (χ0v) is 17.4. The second-order valence-electron chi connectivity index (χ2n) is 7.59. The molecule has 1 aromatic rings. The molecular weight excluding hydrogens is 401 g/mol. The summed E-state index contributed by atoms with van der Waals surface area (Å²) < 4.78 is 0. The van der Waals surface area contributed by atoms with Crippen LogP contribution in [-0.4, -0.2) is 72.1 Å². The topological polar surface area (TPSA) is 72.9 Å². The number of nitrogens with one attached hydrogen (secondary N) is 1. The number of rotatable bonds is 6. The summed E-state index contributed by atoms with van der Waals surface area (Å²) >= 11 is 11.8. The van der Waals surface area contributed by atoms with E-state index in [1.807, 2.05) is 4.90 Å². The number of hydrogen-bond acceptors (Lipinski definition) is 4. The molecule has 28 heavy (non-hydrogen) atoms. The summed E-state index contributed by atoms with van der Waals surface area (Å²) in [5.74, 6) is 0.219. The summed E-state index contributed by atoms with van der Waals surface area (Å²) in [6.07, 6.45) is 4.09. The van der Waals surface area contributed by atoms with Gasteiger partial charge in [0.2, 0.25) is 5.91 Å². The molecule has 3 rings (SSSR count). The fourth-order valence-corrected chi connectivity index (χ4v) is 4.36.